The molecule has 1 aliphatic heterocycles. The molecule has 2 aromatic carbocycles. The van der Waals surface area contributed by atoms with Gasteiger partial charge in [-0.15, -0.1) is 0 Å². The highest BCUT2D eigenvalue weighted by molar-refractivity contribution is 7.89. The van der Waals surface area contributed by atoms with Crippen LogP contribution in [0.25, 0.3) is 11.3 Å². The molecule has 5 rings (SSSR count). The molecule has 3 N–H and O–H groups in total. The van der Waals surface area contributed by atoms with Gasteiger partial charge in [-0.1, -0.05) is 0 Å². The van der Waals surface area contributed by atoms with Crippen molar-refractivity contribution in [3.05, 3.63) is 94.2 Å². The first kappa shape index (κ1) is 30.9. The van der Waals surface area contributed by atoms with Gasteiger partial charge < -0.3 is 28.3 Å². The standard InChI is InChI=1S/C31H33N3O9S/c1-40-22-7-5-21(6-8-22)34-15-13-33(14-16-34)19-23-17-26(35)30(37)31(42-23)25(18-29(36)41-2)28-12-11-27(43-28)20-3-9-24(10-4-20)44(32,38)39/h3-12,17,25,37H,13-16,18-19H2,1-2H3,(H2,32,38,39)/t25-/m1/s1. The molecule has 0 bridgehead atoms. The number of hydrogen-bond acceptors (Lipinski definition) is 11. The zero-order chi connectivity index (χ0) is 31.4. The largest absolute Gasteiger partial charge is 0.502 e. The number of anilines is 1. The molecule has 12 nitrogen and oxygen atoms in total. The lowest BCUT2D eigenvalue weighted by atomic mass is 9.98. The first-order valence-corrected chi connectivity index (χ1v) is 15.4. The molecule has 1 atom stereocenters. The Bertz CT molecular complexity index is 1770. The number of ether oxygens (including phenoxy) is 2. The van der Waals surface area contributed by atoms with Crippen LogP contribution in [0.2, 0.25) is 0 Å². The molecule has 0 amide bonds. The maximum absolute atomic E-state index is 12.9. The van der Waals surface area contributed by atoms with Crippen molar-refractivity contribution in [1.82, 2.24) is 4.90 Å². The minimum Gasteiger partial charge on any atom is -0.502 e. The fraction of sp³-hybridized carbons (Fsp3) is 0.290. The summed E-state index contributed by atoms with van der Waals surface area (Å²) in [6.45, 7) is 3.27. The van der Waals surface area contributed by atoms with Crippen LogP contribution in [-0.2, 0) is 26.1 Å². The Labute approximate surface area is 254 Å². The molecule has 2 aromatic heterocycles. The van der Waals surface area contributed by atoms with Crippen LogP contribution in [0.1, 0.15) is 29.6 Å². The minimum atomic E-state index is -3.87. The molecule has 0 radical (unpaired) electrons. The number of nitrogens with two attached hydrogens (primary N) is 1. The van der Waals surface area contributed by atoms with Crippen molar-refractivity contribution in [2.24, 2.45) is 5.14 Å². The summed E-state index contributed by atoms with van der Waals surface area (Å²) in [5.41, 5.74) is 1.000. The van der Waals surface area contributed by atoms with Crippen molar-refractivity contribution in [3.8, 4) is 22.8 Å². The number of sulfonamides is 1. The van der Waals surface area contributed by atoms with Gasteiger partial charge in [0.05, 0.1) is 38.0 Å². The fourth-order valence-electron chi connectivity index (χ4n) is 5.12. The molecular formula is C31H33N3O9S. The van der Waals surface area contributed by atoms with Gasteiger partial charge in [0.15, 0.2) is 5.76 Å². The average Bonchev–Trinajstić information content (AvgIpc) is 3.52. The molecule has 0 saturated carbocycles. The monoisotopic (exact) mass is 623 g/mol. The predicted octanol–water partition coefficient (Wildman–Crippen LogP) is 3.28. The van der Waals surface area contributed by atoms with E-state index in [9.17, 15) is 23.1 Å². The van der Waals surface area contributed by atoms with Gasteiger partial charge in [-0.05, 0) is 60.7 Å². The summed E-state index contributed by atoms with van der Waals surface area (Å²) in [4.78, 5) is 29.6. The second-order valence-electron chi connectivity index (χ2n) is 10.4. The van der Waals surface area contributed by atoms with Gasteiger partial charge in [0, 0.05) is 43.5 Å². The lowest BCUT2D eigenvalue weighted by molar-refractivity contribution is -0.141. The van der Waals surface area contributed by atoms with Gasteiger partial charge in [-0.25, -0.2) is 13.6 Å². The van der Waals surface area contributed by atoms with E-state index in [4.69, 9.17) is 23.4 Å². The van der Waals surface area contributed by atoms with Gasteiger partial charge in [-0.3, -0.25) is 14.5 Å². The van der Waals surface area contributed by atoms with Crippen LogP contribution in [0, 0.1) is 0 Å². The number of benzene rings is 2. The number of rotatable bonds is 10. The molecule has 1 fully saturated rings. The molecule has 1 aliphatic rings. The number of carbonyl (C=O) groups is 1. The van der Waals surface area contributed by atoms with E-state index in [1.54, 1.807) is 19.2 Å². The number of hydrogen-bond donors (Lipinski definition) is 2. The number of aromatic hydroxyl groups is 1. The summed E-state index contributed by atoms with van der Waals surface area (Å²) in [5.74, 6) is -0.579. The molecule has 0 spiro atoms. The average molecular weight is 624 g/mol. The highest BCUT2D eigenvalue weighted by Gasteiger charge is 2.30. The zero-order valence-electron chi connectivity index (χ0n) is 24.3. The van der Waals surface area contributed by atoms with Crippen LogP contribution in [0.4, 0.5) is 5.69 Å². The summed E-state index contributed by atoms with van der Waals surface area (Å²) < 4.78 is 45.4. The summed E-state index contributed by atoms with van der Waals surface area (Å²) >= 11 is 0. The molecule has 4 aromatic rings. The van der Waals surface area contributed by atoms with E-state index in [2.05, 4.69) is 9.80 Å². The fourth-order valence-corrected chi connectivity index (χ4v) is 5.64. The van der Waals surface area contributed by atoms with E-state index < -0.39 is 33.1 Å². The van der Waals surface area contributed by atoms with Crippen LogP contribution in [0.3, 0.4) is 0 Å². The predicted molar refractivity (Wildman–Crippen MR) is 161 cm³/mol. The molecule has 13 heteroatoms. The van der Waals surface area contributed by atoms with Gasteiger partial charge >= 0.3 is 5.97 Å². The Morgan fingerprint density at radius 1 is 0.977 bits per heavy atom. The quantitative estimate of drug-likeness (QED) is 0.249. The Morgan fingerprint density at radius 3 is 2.27 bits per heavy atom. The third-order valence-corrected chi connectivity index (χ3v) is 8.47. The number of esters is 1. The maximum Gasteiger partial charge on any atom is 0.306 e. The third-order valence-electron chi connectivity index (χ3n) is 7.54. The molecule has 44 heavy (non-hydrogen) atoms. The van der Waals surface area contributed by atoms with Gasteiger partial charge in [0.1, 0.15) is 23.0 Å². The number of carbonyl (C=O) groups excluding carboxylic acids is 1. The topological polar surface area (TPSA) is 166 Å². The van der Waals surface area contributed by atoms with E-state index in [1.807, 2.05) is 24.3 Å². The van der Waals surface area contributed by atoms with Crippen LogP contribution in [-0.4, -0.2) is 64.8 Å². The Morgan fingerprint density at radius 2 is 1.66 bits per heavy atom. The van der Waals surface area contributed by atoms with Crippen molar-refractivity contribution in [1.29, 1.82) is 0 Å². The molecule has 232 valence electrons. The smallest absolute Gasteiger partial charge is 0.306 e. The Hall–Kier alpha value is -4.59. The molecule has 1 saturated heterocycles. The van der Waals surface area contributed by atoms with Crippen LogP contribution < -0.4 is 20.2 Å². The number of nitrogens with zero attached hydrogens (tertiary/aromatic N) is 2. The number of piperazine rings is 1. The van der Waals surface area contributed by atoms with Gasteiger partial charge in [0.25, 0.3) is 0 Å². The third kappa shape index (κ3) is 6.96. The van der Waals surface area contributed by atoms with Crippen molar-refractivity contribution >= 4 is 21.7 Å². The van der Waals surface area contributed by atoms with E-state index in [1.165, 1.54) is 37.4 Å². The summed E-state index contributed by atoms with van der Waals surface area (Å²) in [7, 11) is -1.00. The summed E-state index contributed by atoms with van der Waals surface area (Å²) in [5, 5.41) is 16.0. The van der Waals surface area contributed by atoms with Crippen molar-refractivity contribution in [2.75, 3.05) is 45.3 Å². The molecule has 3 heterocycles. The first-order chi connectivity index (χ1) is 21.0. The van der Waals surface area contributed by atoms with Crippen LogP contribution >= 0.6 is 0 Å². The lowest BCUT2D eigenvalue weighted by Crippen LogP contribution is -2.46. The summed E-state index contributed by atoms with van der Waals surface area (Å²) in [6, 6.07) is 18.1. The van der Waals surface area contributed by atoms with E-state index in [0.29, 0.717) is 36.7 Å². The van der Waals surface area contributed by atoms with Crippen LogP contribution in [0.15, 0.2) is 85.3 Å². The first-order valence-electron chi connectivity index (χ1n) is 13.8. The van der Waals surface area contributed by atoms with Crippen LogP contribution in [0.5, 0.6) is 11.5 Å². The van der Waals surface area contributed by atoms with Gasteiger partial charge in [0.2, 0.25) is 21.2 Å². The Balaban J connectivity index is 1.37. The maximum atomic E-state index is 12.9. The summed E-state index contributed by atoms with van der Waals surface area (Å²) in [6.07, 6.45) is -0.270. The number of primary sulfonamides is 1. The minimum absolute atomic E-state index is 0.0535. The second-order valence-corrected chi connectivity index (χ2v) is 11.9. The normalized spacial score (nSPS) is 14.8. The number of furan rings is 1. The Kier molecular flexibility index (Phi) is 9.09. The lowest BCUT2D eigenvalue weighted by Gasteiger charge is -2.35. The molecular weight excluding hydrogens is 590 g/mol. The zero-order valence-corrected chi connectivity index (χ0v) is 25.1. The van der Waals surface area contributed by atoms with Crippen molar-refractivity contribution < 1.29 is 36.6 Å². The number of methoxy groups -OCH3 is 2. The SMILES string of the molecule is COC(=O)C[C@H](c1ccc(-c2ccc(S(N)(=O)=O)cc2)o1)c1oc(CN2CCN(c3ccc(OC)cc3)CC2)cc(=O)c1O. The van der Waals surface area contributed by atoms with Crippen molar-refractivity contribution in [3.63, 3.8) is 0 Å². The van der Waals surface area contributed by atoms with Gasteiger partial charge in [-0.2, -0.15) is 0 Å². The van der Waals surface area contributed by atoms with E-state index in [-0.39, 0.29) is 22.8 Å². The van der Waals surface area contributed by atoms with E-state index in [0.717, 1.165) is 24.5 Å². The second kappa shape index (κ2) is 13.0. The molecule has 0 unspecified atom stereocenters. The molecule has 0 aliphatic carbocycles. The van der Waals surface area contributed by atoms with Crippen molar-refractivity contribution in [2.45, 2.75) is 23.8 Å². The highest BCUT2D eigenvalue weighted by Crippen LogP contribution is 2.36. The highest BCUT2D eigenvalue weighted by atomic mass is 32.2. The van der Waals surface area contributed by atoms with E-state index >= 15 is 0 Å².